The number of benzene rings is 1. The molecule has 9 heteroatoms. The summed E-state index contributed by atoms with van der Waals surface area (Å²) in [6.45, 7) is 0.0432. The van der Waals surface area contributed by atoms with E-state index in [0.717, 1.165) is 21.1 Å². The van der Waals surface area contributed by atoms with Gasteiger partial charge in [-0.25, -0.2) is 4.98 Å². The topological polar surface area (TPSA) is 57.0 Å². The van der Waals surface area contributed by atoms with Crippen molar-refractivity contribution in [2.75, 3.05) is 6.54 Å². The minimum atomic E-state index is -4.53. The molecule has 0 saturated heterocycles. The second kappa shape index (κ2) is 8.12. The Morgan fingerprint density at radius 1 is 1.25 bits per heavy atom. The smallest absolute Gasteiger partial charge is 0.324 e. The number of thiophene rings is 1. The fourth-order valence-corrected chi connectivity index (χ4v) is 4.40. The Balaban J connectivity index is 1.89. The molecule has 0 fully saturated rings. The van der Waals surface area contributed by atoms with Gasteiger partial charge in [-0.2, -0.15) is 18.4 Å². The molecule has 0 saturated carbocycles. The normalized spacial score (nSPS) is 11.2. The van der Waals surface area contributed by atoms with Gasteiger partial charge in [0, 0.05) is 6.54 Å². The van der Waals surface area contributed by atoms with E-state index in [4.69, 9.17) is 5.26 Å². The first-order valence-corrected chi connectivity index (χ1v) is 9.83. The average molecular weight is 421 g/mol. The van der Waals surface area contributed by atoms with Crippen molar-refractivity contribution in [2.24, 2.45) is 0 Å². The van der Waals surface area contributed by atoms with Crippen LogP contribution < -0.4 is 0 Å². The number of carbonyl (C=O) groups excluding carboxylic acids is 1. The number of nitriles is 1. The third kappa shape index (κ3) is 4.77. The van der Waals surface area contributed by atoms with Gasteiger partial charge in [0.2, 0.25) is 0 Å². The number of hydrogen-bond donors (Lipinski definition) is 0. The van der Waals surface area contributed by atoms with Crippen molar-refractivity contribution in [3.63, 3.8) is 0 Å². The van der Waals surface area contributed by atoms with Crippen LogP contribution in [0, 0.1) is 18.3 Å². The lowest BCUT2D eigenvalue weighted by Gasteiger charge is -2.23. The number of carbonyl (C=O) groups is 1. The number of thiazole rings is 1. The van der Waals surface area contributed by atoms with E-state index in [1.54, 1.807) is 19.1 Å². The Morgan fingerprint density at radius 3 is 2.54 bits per heavy atom. The van der Waals surface area contributed by atoms with Crippen molar-refractivity contribution in [1.82, 2.24) is 9.88 Å². The number of rotatable bonds is 5. The molecule has 4 nitrogen and oxygen atoms in total. The van der Waals surface area contributed by atoms with Crippen LogP contribution in [0.25, 0.3) is 9.88 Å². The highest BCUT2D eigenvalue weighted by Gasteiger charge is 2.34. The van der Waals surface area contributed by atoms with E-state index in [2.05, 4.69) is 4.98 Å². The molecule has 0 spiro atoms. The zero-order chi connectivity index (χ0) is 20.3. The lowest BCUT2D eigenvalue weighted by atomic mass is 10.1. The second-order valence-corrected chi connectivity index (χ2v) is 7.94. The van der Waals surface area contributed by atoms with Gasteiger partial charge in [-0.05, 0) is 36.1 Å². The SMILES string of the molecule is Cc1nc(-c2cccs2)sc1C(=O)N(Cc1ccc(C#N)cc1)CC(F)(F)F. The van der Waals surface area contributed by atoms with E-state index in [1.165, 1.54) is 23.5 Å². The molecule has 0 N–H and O–H groups in total. The number of halogens is 3. The molecule has 0 aliphatic heterocycles. The van der Waals surface area contributed by atoms with Crippen molar-refractivity contribution in [3.8, 4) is 16.0 Å². The predicted octanol–water partition coefficient (Wildman–Crippen LogP) is 5.26. The van der Waals surface area contributed by atoms with Crippen LogP contribution in [0.3, 0.4) is 0 Å². The number of alkyl halides is 3. The molecule has 0 aliphatic carbocycles. The Kier molecular flexibility index (Phi) is 5.82. The molecule has 0 aliphatic rings. The maximum atomic E-state index is 13.1. The van der Waals surface area contributed by atoms with Crippen LogP contribution in [0.5, 0.6) is 0 Å². The predicted molar refractivity (Wildman–Crippen MR) is 102 cm³/mol. The Bertz CT molecular complexity index is 1000. The summed E-state index contributed by atoms with van der Waals surface area (Å²) < 4.78 is 39.3. The van der Waals surface area contributed by atoms with Gasteiger partial charge in [0.1, 0.15) is 16.4 Å². The lowest BCUT2D eigenvalue weighted by molar-refractivity contribution is -0.141. The molecule has 28 heavy (non-hydrogen) atoms. The molecule has 2 heterocycles. The molecule has 3 rings (SSSR count). The number of hydrogen-bond acceptors (Lipinski definition) is 5. The van der Waals surface area contributed by atoms with Crippen LogP contribution in [0.4, 0.5) is 13.2 Å². The molecular formula is C19H14F3N3OS2. The van der Waals surface area contributed by atoms with E-state index in [9.17, 15) is 18.0 Å². The number of amides is 1. The van der Waals surface area contributed by atoms with Gasteiger partial charge in [0.05, 0.1) is 22.2 Å². The standard InChI is InChI=1S/C19H14F3N3OS2/c1-12-16(28-17(24-12)15-3-2-8-27-15)18(26)25(11-19(20,21)22)10-14-6-4-13(9-23)5-7-14/h2-8H,10-11H2,1H3. The highest BCUT2D eigenvalue weighted by atomic mass is 32.1. The number of nitrogens with zero attached hydrogens (tertiary/aromatic N) is 3. The first kappa shape index (κ1) is 20.0. The summed E-state index contributed by atoms with van der Waals surface area (Å²) in [5, 5.41) is 11.3. The first-order chi connectivity index (χ1) is 13.3. The van der Waals surface area contributed by atoms with E-state index >= 15 is 0 Å². The van der Waals surface area contributed by atoms with Crippen molar-refractivity contribution < 1.29 is 18.0 Å². The van der Waals surface area contributed by atoms with E-state index in [-0.39, 0.29) is 11.4 Å². The van der Waals surface area contributed by atoms with E-state index in [0.29, 0.717) is 21.8 Å². The highest BCUT2D eigenvalue weighted by Crippen LogP contribution is 2.32. The van der Waals surface area contributed by atoms with Crippen LogP contribution in [-0.2, 0) is 6.54 Å². The summed E-state index contributed by atoms with van der Waals surface area (Å²) in [7, 11) is 0. The summed E-state index contributed by atoms with van der Waals surface area (Å²) >= 11 is 2.54. The van der Waals surface area contributed by atoms with Crippen LogP contribution in [0.2, 0.25) is 0 Å². The zero-order valence-electron chi connectivity index (χ0n) is 14.7. The number of aryl methyl sites for hydroxylation is 1. The Labute approximate surface area is 167 Å². The van der Waals surface area contributed by atoms with Crippen molar-refractivity contribution >= 4 is 28.6 Å². The molecule has 3 aromatic rings. The van der Waals surface area contributed by atoms with Gasteiger partial charge in [-0.1, -0.05) is 18.2 Å². The largest absolute Gasteiger partial charge is 0.406 e. The first-order valence-electron chi connectivity index (χ1n) is 8.13. The Morgan fingerprint density at radius 2 is 1.96 bits per heavy atom. The van der Waals surface area contributed by atoms with Crippen LogP contribution >= 0.6 is 22.7 Å². The lowest BCUT2D eigenvalue weighted by Crippen LogP contribution is -2.38. The van der Waals surface area contributed by atoms with Gasteiger partial charge in [0.25, 0.3) is 5.91 Å². The minimum absolute atomic E-state index is 0.196. The van der Waals surface area contributed by atoms with Crippen molar-refractivity contribution in [1.29, 1.82) is 5.26 Å². The fraction of sp³-hybridized carbons (Fsp3) is 0.211. The quantitative estimate of drug-likeness (QED) is 0.565. The van der Waals surface area contributed by atoms with Crippen LogP contribution in [0.15, 0.2) is 41.8 Å². The fourth-order valence-electron chi connectivity index (χ4n) is 2.57. The number of aromatic nitrogens is 1. The molecule has 1 amide bonds. The molecule has 0 atom stereocenters. The van der Waals surface area contributed by atoms with E-state index in [1.807, 2.05) is 23.6 Å². The third-order valence-corrected chi connectivity index (χ3v) is 6.02. The molecule has 144 valence electrons. The van der Waals surface area contributed by atoms with Crippen molar-refractivity contribution in [2.45, 2.75) is 19.6 Å². The van der Waals surface area contributed by atoms with Gasteiger partial charge >= 0.3 is 6.18 Å². The zero-order valence-corrected chi connectivity index (χ0v) is 16.3. The summed E-state index contributed by atoms with van der Waals surface area (Å²) in [5.74, 6) is -0.709. The maximum Gasteiger partial charge on any atom is 0.406 e. The van der Waals surface area contributed by atoms with Gasteiger partial charge in [-0.15, -0.1) is 22.7 Å². The maximum absolute atomic E-state index is 13.1. The molecule has 1 aromatic carbocycles. The third-order valence-electron chi connectivity index (χ3n) is 3.84. The molecule has 2 aromatic heterocycles. The molecule has 0 unspecified atom stereocenters. The van der Waals surface area contributed by atoms with Gasteiger partial charge in [0.15, 0.2) is 0 Å². The van der Waals surface area contributed by atoms with Gasteiger partial charge in [-0.3, -0.25) is 4.79 Å². The summed E-state index contributed by atoms with van der Waals surface area (Å²) in [4.78, 5) is 19.1. The Hall–Kier alpha value is -2.70. The van der Waals surface area contributed by atoms with Crippen LogP contribution in [0.1, 0.15) is 26.5 Å². The van der Waals surface area contributed by atoms with Gasteiger partial charge < -0.3 is 4.90 Å². The van der Waals surface area contributed by atoms with E-state index < -0.39 is 18.6 Å². The minimum Gasteiger partial charge on any atom is -0.324 e. The monoisotopic (exact) mass is 421 g/mol. The highest BCUT2D eigenvalue weighted by molar-refractivity contribution is 7.22. The van der Waals surface area contributed by atoms with Crippen LogP contribution in [-0.4, -0.2) is 28.5 Å². The summed E-state index contributed by atoms with van der Waals surface area (Å²) in [5.41, 5.74) is 1.32. The molecule has 0 radical (unpaired) electrons. The summed E-state index contributed by atoms with van der Waals surface area (Å²) in [6.07, 6.45) is -4.53. The average Bonchev–Trinajstić information content (AvgIpc) is 3.29. The molecule has 0 bridgehead atoms. The van der Waals surface area contributed by atoms with Crippen molar-refractivity contribution in [3.05, 3.63) is 63.5 Å². The molecular weight excluding hydrogens is 407 g/mol. The second-order valence-electron chi connectivity index (χ2n) is 6.00. The summed E-state index contributed by atoms with van der Waals surface area (Å²) in [6, 6.07) is 11.8.